The number of hydrogen-bond acceptors (Lipinski definition) is 3. The fourth-order valence-corrected chi connectivity index (χ4v) is 2.74. The summed E-state index contributed by atoms with van der Waals surface area (Å²) in [5.74, 6) is 4.48. The van der Waals surface area contributed by atoms with Crippen LogP contribution in [0.15, 0.2) is 53.5 Å². The molecule has 0 radical (unpaired) electrons. The van der Waals surface area contributed by atoms with Crippen LogP contribution in [0.25, 0.3) is 0 Å². The molecule has 2 aromatic rings. The molecule has 6 nitrogen and oxygen atoms in total. The van der Waals surface area contributed by atoms with Gasteiger partial charge in [0.15, 0.2) is 5.96 Å². The van der Waals surface area contributed by atoms with Crippen molar-refractivity contribution in [2.75, 3.05) is 25.5 Å². The molecule has 0 atom stereocenters. The maximum atomic E-state index is 12.2. The van der Waals surface area contributed by atoms with Crippen molar-refractivity contribution in [1.82, 2.24) is 10.6 Å². The van der Waals surface area contributed by atoms with Gasteiger partial charge in [-0.2, -0.15) is 0 Å². The number of nitrogens with one attached hydrogen (secondary N) is 3. The zero-order valence-corrected chi connectivity index (χ0v) is 19.3. The van der Waals surface area contributed by atoms with Gasteiger partial charge in [0.1, 0.15) is 5.75 Å². The number of rotatable bonds is 8. The largest absolute Gasteiger partial charge is 0.493 e. The number of benzene rings is 2. The van der Waals surface area contributed by atoms with Gasteiger partial charge in [0.2, 0.25) is 5.91 Å². The molecule has 0 spiro atoms. The van der Waals surface area contributed by atoms with Crippen LogP contribution in [0.3, 0.4) is 0 Å². The van der Waals surface area contributed by atoms with Crippen LogP contribution in [-0.4, -0.2) is 32.1 Å². The summed E-state index contributed by atoms with van der Waals surface area (Å²) in [6.45, 7) is 1.40. The summed E-state index contributed by atoms with van der Waals surface area (Å²) in [5.41, 5.74) is 2.43. The Morgan fingerprint density at radius 2 is 2.00 bits per heavy atom. The molecule has 158 valence electrons. The molecule has 3 rings (SSSR count). The quantitative estimate of drug-likeness (QED) is 0.217. The van der Waals surface area contributed by atoms with Crippen LogP contribution in [0.1, 0.15) is 24.0 Å². The van der Waals surface area contributed by atoms with Gasteiger partial charge in [-0.15, -0.1) is 30.4 Å². The molecule has 0 unspecified atom stereocenters. The third-order valence-electron chi connectivity index (χ3n) is 4.54. The summed E-state index contributed by atoms with van der Waals surface area (Å²) in [7, 11) is 1.67. The van der Waals surface area contributed by atoms with Gasteiger partial charge in [0.25, 0.3) is 0 Å². The second-order valence-electron chi connectivity index (χ2n) is 6.91. The van der Waals surface area contributed by atoms with Gasteiger partial charge < -0.3 is 20.7 Å². The number of amides is 1. The molecule has 1 saturated carbocycles. The number of carbonyl (C=O) groups excluding carboxylic acids is 1. The Bertz CT molecular complexity index is 919. The highest BCUT2D eigenvalue weighted by atomic mass is 127. The minimum absolute atomic E-state index is 0. The number of carbonyl (C=O) groups is 1. The van der Waals surface area contributed by atoms with E-state index in [0.29, 0.717) is 24.1 Å². The molecule has 1 amide bonds. The number of hydrogen-bond donors (Lipinski definition) is 3. The molecule has 1 fully saturated rings. The average molecular weight is 518 g/mol. The van der Waals surface area contributed by atoms with Gasteiger partial charge in [-0.1, -0.05) is 30.2 Å². The number of guanidine groups is 1. The van der Waals surface area contributed by atoms with Crippen LogP contribution in [0, 0.1) is 18.3 Å². The number of ether oxygens (including phenoxy) is 1. The normalized spacial score (nSPS) is 12.9. The number of para-hydroxylation sites is 1. The van der Waals surface area contributed by atoms with Crippen molar-refractivity contribution in [3.05, 3.63) is 59.7 Å². The van der Waals surface area contributed by atoms with Gasteiger partial charge in [-0.25, -0.2) is 0 Å². The Morgan fingerprint density at radius 3 is 2.73 bits per heavy atom. The molecule has 3 N–H and O–H groups in total. The molecular weight excluding hydrogens is 491 g/mol. The Labute approximate surface area is 194 Å². The van der Waals surface area contributed by atoms with Crippen LogP contribution in [-0.2, 0) is 11.3 Å². The predicted molar refractivity (Wildman–Crippen MR) is 131 cm³/mol. The molecule has 0 heterocycles. The highest BCUT2D eigenvalue weighted by Crippen LogP contribution is 2.30. The SMILES string of the molecule is C#Cc1cccc(NC(=O)CNC(=NC)NCc2ccccc2OCC2CC2)c1.I. The van der Waals surface area contributed by atoms with Crippen molar-refractivity contribution in [3.63, 3.8) is 0 Å². The van der Waals surface area contributed by atoms with Crippen molar-refractivity contribution >= 4 is 41.5 Å². The van der Waals surface area contributed by atoms with Gasteiger partial charge in [0.05, 0.1) is 13.2 Å². The maximum absolute atomic E-state index is 12.2. The van der Waals surface area contributed by atoms with E-state index in [-0.39, 0.29) is 36.4 Å². The Balaban J connectivity index is 0.00000320. The smallest absolute Gasteiger partial charge is 0.243 e. The standard InChI is InChI=1S/C23H26N4O2.HI/c1-3-17-7-6-9-20(13-17)27-22(28)15-26-23(24-2)25-14-19-8-4-5-10-21(19)29-16-18-11-12-18;/h1,4-10,13,18H,11-12,14-16H2,2H3,(H,27,28)(H2,24,25,26);1H. The number of nitrogens with zero attached hydrogens (tertiary/aromatic N) is 1. The Morgan fingerprint density at radius 1 is 1.20 bits per heavy atom. The number of terminal acetylenes is 1. The Hall–Kier alpha value is -2.73. The molecule has 30 heavy (non-hydrogen) atoms. The summed E-state index contributed by atoms with van der Waals surface area (Å²) in [6, 6.07) is 15.1. The zero-order chi connectivity index (χ0) is 20.5. The van der Waals surface area contributed by atoms with E-state index < -0.39 is 0 Å². The summed E-state index contributed by atoms with van der Waals surface area (Å²) >= 11 is 0. The third-order valence-corrected chi connectivity index (χ3v) is 4.54. The highest BCUT2D eigenvalue weighted by molar-refractivity contribution is 14.0. The summed E-state index contributed by atoms with van der Waals surface area (Å²) < 4.78 is 5.93. The lowest BCUT2D eigenvalue weighted by Crippen LogP contribution is -2.41. The van der Waals surface area contributed by atoms with Crippen molar-refractivity contribution < 1.29 is 9.53 Å². The van der Waals surface area contributed by atoms with E-state index in [1.54, 1.807) is 19.2 Å². The van der Waals surface area contributed by atoms with Gasteiger partial charge in [-0.3, -0.25) is 9.79 Å². The molecule has 0 aliphatic heterocycles. The van der Waals surface area contributed by atoms with Crippen molar-refractivity contribution in [1.29, 1.82) is 0 Å². The summed E-state index contributed by atoms with van der Waals surface area (Å²) in [5, 5.41) is 9.05. The van der Waals surface area contributed by atoms with Crippen LogP contribution in [0.2, 0.25) is 0 Å². The number of anilines is 1. The molecule has 7 heteroatoms. The molecule has 1 aliphatic rings. The summed E-state index contributed by atoms with van der Waals surface area (Å²) in [6.07, 6.45) is 7.90. The van der Waals surface area contributed by atoms with Crippen molar-refractivity contribution in [2.45, 2.75) is 19.4 Å². The maximum Gasteiger partial charge on any atom is 0.243 e. The highest BCUT2D eigenvalue weighted by Gasteiger charge is 2.22. The molecule has 0 saturated heterocycles. The first-order valence-corrected chi connectivity index (χ1v) is 9.69. The first-order valence-electron chi connectivity index (χ1n) is 9.69. The molecule has 0 aromatic heterocycles. The lowest BCUT2D eigenvalue weighted by Gasteiger charge is -2.15. The van der Waals surface area contributed by atoms with Crippen LogP contribution in [0.4, 0.5) is 5.69 Å². The van der Waals surface area contributed by atoms with Gasteiger partial charge in [-0.05, 0) is 43.0 Å². The second kappa shape index (κ2) is 12.1. The monoisotopic (exact) mass is 518 g/mol. The van der Waals surface area contributed by atoms with Crippen molar-refractivity contribution in [3.8, 4) is 18.1 Å². The van der Waals surface area contributed by atoms with E-state index in [1.807, 2.05) is 36.4 Å². The first kappa shape index (κ1) is 23.5. The fourth-order valence-electron chi connectivity index (χ4n) is 2.74. The van der Waals surface area contributed by atoms with E-state index >= 15 is 0 Å². The molecular formula is C23H27IN4O2. The minimum atomic E-state index is -0.185. The van der Waals surface area contributed by atoms with E-state index in [2.05, 4.69) is 26.9 Å². The Kier molecular flexibility index (Phi) is 9.48. The van der Waals surface area contributed by atoms with Crippen LogP contribution in [0.5, 0.6) is 5.75 Å². The van der Waals surface area contributed by atoms with E-state index in [1.165, 1.54) is 12.8 Å². The van der Waals surface area contributed by atoms with Gasteiger partial charge >= 0.3 is 0 Å². The van der Waals surface area contributed by atoms with Crippen LogP contribution >= 0.6 is 24.0 Å². The molecule has 2 aromatic carbocycles. The second-order valence-corrected chi connectivity index (χ2v) is 6.91. The summed E-state index contributed by atoms with van der Waals surface area (Å²) in [4.78, 5) is 16.4. The number of aliphatic imine (C=N–C) groups is 1. The topological polar surface area (TPSA) is 74.8 Å². The predicted octanol–water partition coefficient (Wildman–Crippen LogP) is 3.38. The fraction of sp³-hybridized carbons (Fsp3) is 0.304. The third kappa shape index (κ3) is 7.59. The van der Waals surface area contributed by atoms with Crippen LogP contribution < -0.4 is 20.7 Å². The van der Waals surface area contributed by atoms with Crippen molar-refractivity contribution in [2.24, 2.45) is 10.9 Å². The lowest BCUT2D eigenvalue weighted by molar-refractivity contribution is -0.115. The first-order chi connectivity index (χ1) is 14.2. The zero-order valence-electron chi connectivity index (χ0n) is 17.0. The molecule has 1 aliphatic carbocycles. The lowest BCUT2D eigenvalue weighted by atomic mass is 10.2. The number of halogens is 1. The van der Waals surface area contributed by atoms with E-state index in [4.69, 9.17) is 11.2 Å². The average Bonchev–Trinajstić information content (AvgIpc) is 3.57. The van der Waals surface area contributed by atoms with E-state index in [9.17, 15) is 4.79 Å². The minimum Gasteiger partial charge on any atom is -0.493 e. The molecule has 0 bridgehead atoms. The van der Waals surface area contributed by atoms with Gasteiger partial charge in [0, 0.05) is 30.4 Å². The van der Waals surface area contributed by atoms with E-state index in [0.717, 1.165) is 23.5 Å².